The van der Waals surface area contributed by atoms with E-state index >= 15 is 0 Å². The van der Waals surface area contributed by atoms with Crippen molar-refractivity contribution in [3.63, 3.8) is 0 Å². The summed E-state index contributed by atoms with van der Waals surface area (Å²) in [6.45, 7) is 6.23. The van der Waals surface area contributed by atoms with Gasteiger partial charge < -0.3 is 9.67 Å². The van der Waals surface area contributed by atoms with Crippen LogP contribution in [0.15, 0.2) is 6.20 Å². The maximum atomic E-state index is 11.0. The van der Waals surface area contributed by atoms with Crippen molar-refractivity contribution < 1.29 is 9.90 Å². The highest BCUT2D eigenvalue weighted by molar-refractivity contribution is 5.83. The lowest BCUT2D eigenvalue weighted by atomic mass is 9.92. The van der Waals surface area contributed by atoms with Gasteiger partial charge in [-0.05, 0) is 12.8 Å². The van der Waals surface area contributed by atoms with Gasteiger partial charge in [-0.15, -0.1) is 0 Å². The monoisotopic (exact) mass is 208 g/mol. The minimum Gasteiger partial charge on any atom is -0.475 e. The standard InChI is InChI=1S/C11H16N2O2/c1-11(2,3)8-6-12-9(10(14)15)13(8)7-4-5-7/h6-7H,4-5H2,1-3H3,(H,14,15). The smallest absolute Gasteiger partial charge is 0.372 e. The molecule has 1 N–H and O–H groups in total. The van der Waals surface area contributed by atoms with E-state index in [1.807, 2.05) is 4.57 Å². The number of aromatic carboxylic acids is 1. The van der Waals surface area contributed by atoms with Crippen molar-refractivity contribution >= 4 is 5.97 Å². The Morgan fingerprint density at radius 3 is 2.53 bits per heavy atom. The van der Waals surface area contributed by atoms with Crippen LogP contribution in [0, 0.1) is 0 Å². The Morgan fingerprint density at radius 1 is 1.53 bits per heavy atom. The van der Waals surface area contributed by atoms with Gasteiger partial charge in [-0.25, -0.2) is 9.78 Å². The average molecular weight is 208 g/mol. The van der Waals surface area contributed by atoms with E-state index in [0.29, 0.717) is 6.04 Å². The van der Waals surface area contributed by atoms with Crippen LogP contribution >= 0.6 is 0 Å². The molecule has 4 nitrogen and oxygen atoms in total. The van der Waals surface area contributed by atoms with Crippen LogP contribution in [0.1, 0.15) is 56.0 Å². The molecule has 0 unspecified atom stereocenters. The lowest BCUT2D eigenvalue weighted by Gasteiger charge is -2.21. The third kappa shape index (κ3) is 1.76. The normalized spacial score (nSPS) is 16.7. The van der Waals surface area contributed by atoms with Gasteiger partial charge in [-0.1, -0.05) is 20.8 Å². The molecule has 1 aliphatic rings. The highest BCUT2D eigenvalue weighted by Crippen LogP contribution is 2.39. The molecule has 4 heteroatoms. The summed E-state index contributed by atoms with van der Waals surface area (Å²) in [5.41, 5.74) is 0.964. The Balaban J connectivity index is 2.52. The Hall–Kier alpha value is -1.32. The molecule has 1 heterocycles. The predicted octanol–water partition coefficient (Wildman–Crippen LogP) is 2.21. The summed E-state index contributed by atoms with van der Waals surface area (Å²) in [7, 11) is 0. The number of hydrogen-bond donors (Lipinski definition) is 1. The number of imidazole rings is 1. The lowest BCUT2D eigenvalue weighted by Crippen LogP contribution is -2.19. The largest absolute Gasteiger partial charge is 0.475 e. The van der Waals surface area contributed by atoms with Crippen LogP contribution in [0.3, 0.4) is 0 Å². The van der Waals surface area contributed by atoms with Crippen LogP contribution in [-0.2, 0) is 5.41 Å². The molecular weight excluding hydrogens is 192 g/mol. The zero-order valence-corrected chi connectivity index (χ0v) is 9.32. The number of hydrogen-bond acceptors (Lipinski definition) is 2. The van der Waals surface area contributed by atoms with Gasteiger partial charge >= 0.3 is 5.97 Å². The van der Waals surface area contributed by atoms with E-state index in [1.165, 1.54) is 0 Å². The molecule has 1 aliphatic carbocycles. The fourth-order valence-corrected chi connectivity index (χ4v) is 1.78. The predicted molar refractivity (Wildman–Crippen MR) is 56.2 cm³/mol. The van der Waals surface area contributed by atoms with Gasteiger partial charge in [0.05, 0.1) is 0 Å². The Morgan fingerprint density at radius 2 is 2.13 bits per heavy atom. The maximum Gasteiger partial charge on any atom is 0.372 e. The van der Waals surface area contributed by atoms with Crippen LogP contribution in [0.25, 0.3) is 0 Å². The summed E-state index contributed by atoms with van der Waals surface area (Å²) in [5, 5.41) is 9.04. The first kappa shape index (κ1) is 10.2. The molecular formula is C11H16N2O2. The van der Waals surface area contributed by atoms with Crippen LogP contribution in [0.2, 0.25) is 0 Å². The first-order valence-electron chi connectivity index (χ1n) is 5.22. The molecule has 0 spiro atoms. The molecule has 1 fully saturated rings. The van der Waals surface area contributed by atoms with E-state index in [-0.39, 0.29) is 11.2 Å². The minimum atomic E-state index is -0.933. The van der Waals surface area contributed by atoms with Gasteiger partial charge in [-0.3, -0.25) is 0 Å². The highest BCUT2D eigenvalue weighted by atomic mass is 16.4. The number of carboxylic acid groups (broad SMARTS) is 1. The van der Waals surface area contributed by atoms with Gasteiger partial charge in [0.1, 0.15) is 0 Å². The quantitative estimate of drug-likeness (QED) is 0.810. The van der Waals surface area contributed by atoms with Crippen molar-refractivity contribution in [3.05, 3.63) is 17.7 Å². The van der Waals surface area contributed by atoms with Crippen molar-refractivity contribution in [1.29, 1.82) is 0 Å². The summed E-state index contributed by atoms with van der Waals surface area (Å²) in [4.78, 5) is 15.0. The zero-order chi connectivity index (χ0) is 11.2. The van der Waals surface area contributed by atoms with Crippen molar-refractivity contribution in [3.8, 4) is 0 Å². The van der Waals surface area contributed by atoms with Crippen LogP contribution < -0.4 is 0 Å². The third-order valence-electron chi connectivity index (χ3n) is 2.67. The molecule has 1 aromatic heterocycles. The van der Waals surface area contributed by atoms with E-state index in [2.05, 4.69) is 25.8 Å². The van der Waals surface area contributed by atoms with Crippen molar-refractivity contribution in [2.24, 2.45) is 0 Å². The second kappa shape index (κ2) is 3.08. The SMILES string of the molecule is CC(C)(C)c1cnc(C(=O)O)n1C1CC1. The molecule has 0 radical (unpaired) electrons. The van der Waals surface area contributed by atoms with E-state index in [0.717, 1.165) is 18.5 Å². The number of rotatable bonds is 2. The number of nitrogens with zero attached hydrogens (tertiary/aromatic N) is 2. The lowest BCUT2D eigenvalue weighted by molar-refractivity contribution is 0.0677. The molecule has 0 saturated heterocycles. The second-order valence-corrected chi connectivity index (χ2v) is 5.12. The van der Waals surface area contributed by atoms with Gasteiger partial charge in [0.25, 0.3) is 0 Å². The average Bonchev–Trinajstić information content (AvgIpc) is 2.81. The van der Waals surface area contributed by atoms with E-state index in [4.69, 9.17) is 5.11 Å². The van der Waals surface area contributed by atoms with E-state index in [9.17, 15) is 4.79 Å². The van der Waals surface area contributed by atoms with Gasteiger partial charge in [0, 0.05) is 23.3 Å². The molecule has 15 heavy (non-hydrogen) atoms. The molecule has 2 rings (SSSR count). The summed E-state index contributed by atoms with van der Waals surface area (Å²) in [6, 6.07) is 0.354. The van der Waals surface area contributed by atoms with Crippen LogP contribution in [0.4, 0.5) is 0 Å². The Kier molecular flexibility index (Phi) is 2.10. The van der Waals surface area contributed by atoms with Gasteiger partial charge in [0.15, 0.2) is 0 Å². The van der Waals surface area contributed by atoms with E-state index < -0.39 is 5.97 Å². The molecule has 0 aliphatic heterocycles. The van der Waals surface area contributed by atoms with Gasteiger partial charge in [-0.2, -0.15) is 0 Å². The maximum absolute atomic E-state index is 11.0. The first-order chi connectivity index (χ1) is 6.91. The van der Waals surface area contributed by atoms with Crippen molar-refractivity contribution in [2.75, 3.05) is 0 Å². The van der Waals surface area contributed by atoms with Crippen molar-refractivity contribution in [2.45, 2.75) is 45.1 Å². The molecule has 82 valence electrons. The van der Waals surface area contributed by atoms with Crippen molar-refractivity contribution in [1.82, 2.24) is 9.55 Å². The third-order valence-corrected chi connectivity index (χ3v) is 2.67. The number of aromatic nitrogens is 2. The minimum absolute atomic E-state index is 0.0523. The Labute approximate surface area is 88.9 Å². The highest BCUT2D eigenvalue weighted by Gasteiger charge is 2.33. The van der Waals surface area contributed by atoms with E-state index in [1.54, 1.807) is 6.20 Å². The summed E-state index contributed by atoms with van der Waals surface area (Å²) >= 11 is 0. The molecule has 0 aromatic carbocycles. The van der Waals surface area contributed by atoms with Gasteiger partial charge in [0.2, 0.25) is 5.82 Å². The molecule has 0 atom stereocenters. The fourth-order valence-electron chi connectivity index (χ4n) is 1.78. The molecule has 1 aromatic rings. The molecule has 0 bridgehead atoms. The second-order valence-electron chi connectivity index (χ2n) is 5.12. The molecule has 0 amide bonds. The van der Waals surface area contributed by atoms with Crippen LogP contribution in [-0.4, -0.2) is 20.6 Å². The summed E-state index contributed by atoms with van der Waals surface area (Å²) in [6.07, 6.45) is 3.83. The zero-order valence-electron chi connectivity index (χ0n) is 9.32. The summed E-state index contributed by atoms with van der Waals surface area (Å²) < 4.78 is 1.89. The Bertz CT molecular complexity index is 397. The number of carbonyl (C=O) groups is 1. The first-order valence-corrected chi connectivity index (χ1v) is 5.22. The fraction of sp³-hybridized carbons (Fsp3) is 0.636. The molecule has 1 saturated carbocycles. The van der Waals surface area contributed by atoms with Crippen LogP contribution in [0.5, 0.6) is 0 Å². The number of carboxylic acids is 1. The summed E-state index contributed by atoms with van der Waals surface area (Å²) in [5.74, 6) is -0.750. The topological polar surface area (TPSA) is 55.1 Å².